The quantitative estimate of drug-likeness (QED) is 0.219. The van der Waals surface area contributed by atoms with Gasteiger partial charge < -0.3 is 0 Å². The van der Waals surface area contributed by atoms with E-state index in [1.807, 2.05) is 66.7 Å². The molecule has 3 aliphatic rings. The summed E-state index contributed by atoms with van der Waals surface area (Å²) in [6, 6.07) is 29.7. The van der Waals surface area contributed by atoms with E-state index >= 15 is 0 Å². The van der Waals surface area contributed by atoms with E-state index in [0.717, 1.165) is 21.2 Å². The third-order valence-electron chi connectivity index (χ3n) is 8.13. The van der Waals surface area contributed by atoms with Crippen molar-refractivity contribution in [3.05, 3.63) is 141 Å². The van der Waals surface area contributed by atoms with Crippen LogP contribution in [-0.4, -0.2) is 34.6 Å². The van der Waals surface area contributed by atoms with E-state index in [0.29, 0.717) is 16.7 Å². The molecule has 5 nitrogen and oxygen atoms in total. The first-order chi connectivity index (χ1) is 18.5. The van der Waals surface area contributed by atoms with Crippen LogP contribution < -0.4 is 0 Å². The molecule has 7 rings (SSSR count). The van der Waals surface area contributed by atoms with Gasteiger partial charge in [-0.3, -0.25) is 19.4 Å². The summed E-state index contributed by atoms with van der Waals surface area (Å²) in [6.07, 6.45) is 1.73. The van der Waals surface area contributed by atoms with Crippen molar-refractivity contribution in [1.82, 2.24) is 5.01 Å². The van der Waals surface area contributed by atoms with Crippen molar-refractivity contribution < 1.29 is 14.4 Å². The van der Waals surface area contributed by atoms with Gasteiger partial charge in [-0.05, 0) is 28.8 Å². The lowest BCUT2D eigenvalue weighted by Gasteiger charge is -2.36. The number of rotatable bonds is 3. The third-order valence-corrected chi connectivity index (χ3v) is 8.66. The van der Waals surface area contributed by atoms with E-state index in [1.54, 1.807) is 47.6 Å². The summed E-state index contributed by atoms with van der Waals surface area (Å²) in [5, 5.41) is 6.51. The maximum Gasteiger partial charge on any atom is 0.187 e. The maximum absolute atomic E-state index is 14.6. The fraction of sp³-hybridized carbons (Fsp3) is 0.125. The van der Waals surface area contributed by atoms with Gasteiger partial charge in [0.25, 0.3) is 0 Å². The van der Waals surface area contributed by atoms with E-state index in [4.69, 9.17) is 5.10 Å². The van der Waals surface area contributed by atoms with Crippen LogP contribution in [0.3, 0.4) is 0 Å². The Kier molecular flexibility index (Phi) is 5.10. The molecule has 0 bridgehead atoms. The molecule has 0 aromatic heterocycles. The zero-order valence-corrected chi connectivity index (χ0v) is 21.7. The maximum atomic E-state index is 14.6. The first-order valence-electron chi connectivity index (χ1n) is 12.5. The van der Waals surface area contributed by atoms with Gasteiger partial charge in [0.05, 0.1) is 12.3 Å². The molecule has 2 heterocycles. The molecule has 184 valence electrons. The van der Waals surface area contributed by atoms with Gasteiger partial charge in [-0.15, -0.1) is 0 Å². The first-order valence-corrected chi connectivity index (χ1v) is 13.3. The zero-order valence-electron chi connectivity index (χ0n) is 20.1. The van der Waals surface area contributed by atoms with E-state index in [-0.39, 0.29) is 17.3 Å². The highest BCUT2D eigenvalue weighted by atomic mass is 79.9. The Labute approximate surface area is 227 Å². The van der Waals surface area contributed by atoms with Crippen LogP contribution in [0.1, 0.15) is 59.7 Å². The molecular weight excluding hydrogens is 540 g/mol. The van der Waals surface area contributed by atoms with E-state index in [9.17, 15) is 14.4 Å². The number of nitrogens with zero attached hydrogens (tertiary/aromatic N) is 2. The highest BCUT2D eigenvalue weighted by molar-refractivity contribution is 9.10. The second kappa shape index (κ2) is 8.43. The van der Waals surface area contributed by atoms with Crippen LogP contribution in [0, 0.1) is 5.41 Å². The fourth-order valence-electron chi connectivity index (χ4n) is 6.59. The highest BCUT2D eigenvalue weighted by Crippen LogP contribution is 2.64. The molecule has 0 N–H and O–H groups in total. The van der Waals surface area contributed by atoms with Gasteiger partial charge in [0.2, 0.25) is 0 Å². The predicted octanol–water partition coefficient (Wildman–Crippen LogP) is 6.25. The van der Waals surface area contributed by atoms with Crippen LogP contribution in [0.5, 0.6) is 0 Å². The summed E-state index contributed by atoms with van der Waals surface area (Å²) in [4.78, 5) is 43.6. The van der Waals surface area contributed by atoms with Crippen molar-refractivity contribution in [2.45, 2.75) is 18.0 Å². The number of halogens is 1. The largest absolute Gasteiger partial charge is 0.293 e. The number of hydrogen-bond donors (Lipinski definition) is 0. The van der Waals surface area contributed by atoms with Crippen molar-refractivity contribution in [3.63, 3.8) is 0 Å². The van der Waals surface area contributed by atoms with Crippen molar-refractivity contribution in [1.29, 1.82) is 0 Å². The predicted molar refractivity (Wildman–Crippen MR) is 148 cm³/mol. The molecule has 38 heavy (non-hydrogen) atoms. The number of carbonyl (C=O) groups is 3. The molecule has 6 heteroatoms. The van der Waals surface area contributed by atoms with Crippen LogP contribution >= 0.6 is 15.9 Å². The number of carbonyl (C=O) groups excluding carboxylic acids is 3. The number of fused-ring (bicyclic) bond motifs is 5. The zero-order chi connectivity index (χ0) is 26.0. The number of benzene rings is 4. The SMILES string of the molecule is O=C(c1ccccc1)[C@@H]1[C@H](c2ccc(Br)cc2)C2(C(=O)c3ccccc3C2=O)[C@@H]2c3ccccc3C=NN12. The summed E-state index contributed by atoms with van der Waals surface area (Å²) in [5.74, 6) is -1.44. The molecular formula is C32H21BrN2O3. The van der Waals surface area contributed by atoms with Crippen LogP contribution in [-0.2, 0) is 0 Å². The molecule has 1 spiro atoms. The molecule has 2 aliphatic heterocycles. The minimum Gasteiger partial charge on any atom is -0.293 e. The first kappa shape index (κ1) is 23.0. The third kappa shape index (κ3) is 2.98. The Bertz CT molecular complexity index is 1630. The van der Waals surface area contributed by atoms with Crippen molar-refractivity contribution in [2.75, 3.05) is 0 Å². The van der Waals surface area contributed by atoms with Crippen molar-refractivity contribution >= 4 is 39.5 Å². The molecule has 4 aromatic rings. The second-order valence-electron chi connectivity index (χ2n) is 9.93. The minimum atomic E-state index is -1.56. The lowest BCUT2D eigenvalue weighted by molar-refractivity contribution is 0.0586. The number of ketones is 3. The lowest BCUT2D eigenvalue weighted by atomic mass is 9.63. The summed E-state index contributed by atoms with van der Waals surface area (Å²) < 4.78 is 0.868. The molecule has 0 saturated carbocycles. The lowest BCUT2D eigenvalue weighted by Crippen LogP contribution is -2.43. The molecule has 0 amide bonds. The van der Waals surface area contributed by atoms with Crippen molar-refractivity contribution in [2.24, 2.45) is 10.5 Å². The van der Waals surface area contributed by atoms with Gasteiger partial charge in [0.15, 0.2) is 17.3 Å². The average Bonchev–Trinajstić information content (AvgIpc) is 3.40. The van der Waals surface area contributed by atoms with Crippen LogP contribution in [0.2, 0.25) is 0 Å². The number of hydrogen-bond acceptors (Lipinski definition) is 5. The Morgan fingerprint density at radius 2 is 1.37 bits per heavy atom. The second-order valence-corrected chi connectivity index (χ2v) is 10.8. The Morgan fingerprint density at radius 3 is 2.05 bits per heavy atom. The highest BCUT2D eigenvalue weighted by Gasteiger charge is 2.72. The molecule has 1 fully saturated rings. The number of Topliss-reactive ketones (excluding diaryl/α,β-unsaturated/α-hetero) is 3. The summed E-state index contributed by atoms with van der Waals surface area (Å²) in [5.41, 5.74) is 2.17. The van der Waals surface area contributed by atoms with Crippen LogP contribution in [0.4, 0.5) is 0 Å². The fourth-order valence-corrected chi connectivity index (χ4v) is 6.86. The van der Waals surface area contributed by atoms with Gasteiger partial charge in [-0.25, -0.2) is 0 Å². The normalized spacial score (nSPS) is 22.3. The summed E-state index contributed by atoms with van der Waals surface area (Å²) >= 11 is 3.50. The minimum absolute atomic E-state index is 0.173. The Hall–Kier alpha value is -4.16. The summed E-state index contributed by atoms with van der Waals surface area (Å²) in [6.45, 7) is 0. The van der Waals surface area contributed by atoms with Gasteiger partial charge in [0.1, 0.15) is 11.5 Å². The average molecular weight is 561 g/mol. The van der Waals surface area contributed by atoms with E-state index in [2.05, 4.69) is 15.9 Å². The Balaban J connectivity index is 1.56. The molecule has 0 unspecified atom stereocenters. The van der Waals surface area contributed by atoms with Gasteiger partial charge in [-0.1, -0.05) is 107 Å². The van der Waals surface area contributed by atoms with E-state index in [1.165, 1.54) is 0 Å². The van der Waals surface area contributed by atoms with Gasteiger partial charge >= 0.3 is 0 Å². The Morgan fingerprint density at radius 1 is 0.763 bits per heavy atom. The standard InChI is InChI=1S/C32H21BrN2O3/c33-22-16-14-19(15-17-22)26-27(28(36)20-8-2-1-3-9-20)35-29(23-11-5-4-10-21(23)18-34-35)32(26)30(37)24-12-6-7-13-25(24)31(32)38/h1-18,26-27,29H/t26-,27-,29-/m0/s1. The summed E-state index contributed by atoms with van der Waals surface area (Å²) in [7, 11) is 0. The van der Waals surface area contributed by atoms with Crippen LogP contribution in [0.15, 0.2) is 113 Å². The van der Waals surface area contributed by atoms with Gasteiger partial charge in [0, 0.05) is 27.1 Å². The number of hydrazone groups is 1. The smallest absolute Gasteiger partial charge is 0.187 e. The van der Waals surface area contributed by atoms with E-state index < -0.39 is 23.4 Å². The molecule has 4 aromatic carbocycles. The topological polar surface area (TPSA) is 66.8 Å². The molecule has 0 radical (unpaired) electrons. The molecule has 1 aliphatic carbocycles. The van der Waals surface area contributed by atoms with Crippen LogP contribution in [0.25, 0.3) is 0 Å². The molecule has 3 atom stereocenters. The van der Waals surface area contributed by atoms with Crippen molar-refractivity contribution in [3.8, 4) is 0 Å². The monoisotopic (exact) mass is 560 g/mol. The molecule has 1 saturated heterocycles. The van der Waals surface area contributed by atoms with Gasteiger partial charge in [-0.2, -0.15) is 5.10 Å².